The fourth-order valence-corrected chi connectivity index (χ4v) is 2.24. The van der Waals surface area contributed by atoms with E-state index in [4.69, 9.17) is 9.47 Å². The number of fused-ring (bicyclic) bond motifs is 1. The first kappa shape index (κ1) is 11.0. The van der Waals surface area contributed by atoms with Crippen LogP contribution in [-0.2, 0) is 0 Å². The van der Waals surface area contributed by atoms with Gasteiger partial charge in [-0.2, -0.15) is 0 Å². The molecular formula is C13H16O3. The van der Waals surface area contributed by atoms with E-state index in [0.717, 1.165) is 16.9 Å². The molecule has 0 aliphatic heterocycles. The number of ketones is 1. The first-order chi connectivity index (χ1) is 7.60. The van der Waals surface area contributed by atoms with Crippen LogP contribution in [0.15, 0.2) is 12.1 Å². The highest BCUT2D eigenvalue weighted by Crippen LogP contribution is 2.43. The van der Waals surface area contributed by atoms with Gasteiger partial charge in [-0.1, -0.05) is 13.8 Å². The average molecular weight is 220 g/mol. The molecule has 0 N–H and O–H groups in total. The summed E-state index contributed by atoms with van der Waals surface area (Å²) in [7, 11) is 3.20. The molecule has 1 aromatic carbocycles. The van der Waals surface area contributed by atoms with Crippen molar-refractivity contribution in [1.29, 1.82) is 0 Å². The van der Waals surface area contributed by atoms with Crippen molar-refractivity contribution in [3.63, 3.8) is 0 Å². The Bertz CT molecular complexity index is 437. The highest BCUT2D eigenvalue weighted by Gasteiger charge is 2.36. The van der Waals surface area contributed by atoms with Crippen LogP contribution in [-0.4, -0.2) is 20.0 Å². The molecule has 0 radical (unpaired) electrons. The summed E-state index contributed by atoms with van der Waals surface area (Å²) in [5.41, 5.74) is 1.76. The minimum absolute atomic E-state index is 0.0241. The van der Waals surface area contributed by atoms with Crippen LogP contribution in [0.3, 0.4) is 0 Å². The van der Waals surface area contributed by atoms with E-state index >= 15 is 0 Å². The molecule has 1 aromatic rings. The Balaban J connectivity index is 2.64. The minimum Gasteiger partial charge on any atom is -0.497 e. The van der Waals surface area contributed by atoms with E-state index in [1.165, 1.54) is 0 Å². The van der Waals surface area contributed by atoms with Gasteiger partial charge in [0.1, 0.15) is 11.5 Å². The van der Waals surface area contributed by atoms with Gasteiger partial charge in [0.25, 0.3) is 0 Å². The highest BCUT2D eigenvalue weighted by atomic mass is 16.5. The van der Waals surface area contributed by atoms with Crippen molar-refractivity contribution in [2.75, 3.05) is 14.2 Å². The van der Waals surface area contributed by atoms with Crippen LogP contribution in [0.5, 0.6) is 11.5 Å². The number of hydrogen-bond donors (Lipinski definition) is 0. The van der Waals surface area contributed by atoms with E-state index in [9.17, 15) is 4.79 Å². The second-order valence-electron chi connectivity index (χ2n) is 4.24. The van der Waals surface area contributed by atoms with Crippen molar-refractivity contribution < 1.29 is 14.3 Å². The van der Waals surface area contributed by atoms with Crippen molar-refractivity contribution in [3.05, 3.63) is 23.3 Å². The van der Waals surface area contributed by atoms with Crippen LogP contribution in [0.1, 0.15) is 35.7 Å². The van der Waals surface area contributed by atoms with Crippen molar-refractivity contribution in [2.45, 2.75) is 19.8 Å². The number of rotatable bonds is 2. The number of methoxy groups -OCH3 is 2. The minimum atomic E-state index is 0.0241. The molecule has 0 aromatic heterocycles. The number of carbonyl (C=O) groups excluding carboxylic acids is 1. The zero-order valence-corrected chi connectivity index (χ0v) is 10.0. The molecule has 3 heteroatoms. The number of carbonyl (C=O) groups is 1. The molecule has 0 spiro atoms. The highest BCUT2D eigenvalue weighted by molar-refractivity contribution is 6.05. The summed E-state index contributed by atoms with van der Waals surface area (Å²) in [6, 6.07) is 3.70. The molecule has 0 unspecified atom stereocenters. The van der Waals surface area contributed by atoms with Crippen molar-refractivity contribution in [2.24, 2.45) is 5.92 Å². The summed E-state index contributed by atoms with van der Waals surface area (Å²) in [6.45, 7) is 4.02. The Morgan fingerprint density at radius 2 is 1.75 bits per heavy atom. The molecule has 16 heavy (non-hydrogen) atoms. The molecule has 1 aliphatic rings. The molecule has 0 saturated heterocycles. The standard InChI is InChI=1S/C13H16O3/c1-7-8(2)13(14)12-10(7)5-9(15-3)6-11(12)16-4/h5-8H,1-4H3/t7-,8+/m0/s1. The maximum atomic E-state index is 12.1. The van der Waals surface area contributed by atoms with Crippen molar-refractivity contribution in [1.82, 2.24) is 0 Å². The number of hydrogen-bond acceptors (Lipinski definition) is 3. The molecule has 0 bridgehead atoms. The summed E-state index contributed by atoms with van der Waals surface area (Å²) in [4.78, 5) is 12.1. The van der Waals surface area contributed by atoms with Crippen LogP contribution in [0.4, 0.5) is 0 Å². The summed E-state index contributed by atoms with van der Waals surface area (Å²) in [6.07, 6.45) is 0. The normalized spacial score (nSPS) is 23.1. The van der Waals surface area contributed by atoms with Gasteiger partial charge in [-0.25, -0.2) is 0 Å². The van der Waals surface area contributed by atoms with E-state index in [2.05, 4.69) is 6.92 Å². The van der Waals surface area contributed by atoms with Crippen molar-refractivity contribution in [3.8, 4) is 11.5 Å². The Morgan fingerprint density at radius 3 is 2.31 bits per heavy atom. The zero-order valence-electron chi connectivity index (χ0n) is 10.0. The molecule has 0 amide bonds. The van der Waals surface area contributed by atoms with Gasteiger partial charge in [0.15, 0.2) is 5.78 Å². The molecule has 0 saturated carbocycles. The number of benzene rings is 1. The smallest absolute Gasteiger partial charge is 0.170 e. The van der Waals surface area contributed by atoms with Gasteiger partial charge in [-0.3, -0.25) is 4.79 Å². The number of Topliss-reactive ketones (excluding diaryl/α,β-unsaturated/α-hetero) is 1. The van der Waals surface area contributed by atoms with Crippen LogP contribution in [0.2, 0.25) is 0 Å². The van der Waals surface area contributed by atoms with Gasteiger partial charge in [0, 0.05) is 12.0 Å². The van der Waals surface area contributed by atoms with E-state index < -0.39 is 0 Å². The second-order valence-corrected chi connectivity index (χ2v) is 4.24. The third-order valence-electron chi connectivity index (χ3n) is 3.46. The molecule has 3 nitrogen and oxygen atoms in total. The Hall–Kier alpha value is -1.51. The predicted octanol–water partition coefficient (Wildman–Crippen LogP) is 2.64. The largest absolute Gasteiger partial charge is 0.497 e. The van der Waals surface area contributed by atoms with E-state index in [0.29, 0.717) is 5.75 Å². The molecular weight excluding hydrogens is 204 g/mol. The Labute approximate surface area is 95.4 Å². The third-order valence-corrected chi connectivity index (χ3v) is 3.46. The first-order valence-corrected chi connectivity index (χ1v) is 5.40. The van der Waals surface area contributed by atoms with Gasteiger partial charge in [0.05, 0.1) is 19.8 Å². The lowest BCUT2D eigenvalue weighted by atomic mass is 9.96. The SMILES string of the molecule is COc1cc(OC)c2c(c1)[C@@H](C)[C@@H](C)C2=O. The van der Waals surface area contributed by atoms with Crippen LogP contribution in [0, 0.1) is 5.92 Å². The molecule has 0 fully saturated rings. The lowest BCUT2D eigenvalue weighted by Gasteiger charge is -2.11. The van der Waals surface area contributed by atoms with Crippen LogP contribution >= 0.6 is 0 Å². The molecule has 1 aliphatic carbocycles. The second kappa shape index (κ2) is 3.81. The molecule has 86 valence electrons. The fourth-order valence-electron chi connectivity index (χ4n) is 2.24. The summed E-state index contributed by atoms with van der Waals surface area (Å²) in [5.74, 6) is 1.78. The van der Waals surface area contributed by atoms with Gasteiger partial charge >= 0.3 is 0 Å². The lowest BCUT2D eigenvalue weighted by molar-refractivity contribution is 0.0934. The quantitative estimate of drug-likeness (QED) is 0.768. The Morgan fingerprint density at radius 1 is 1.06 bits per heavy atom. The zero-order chi connectivity index (χ0) is 11.9. The maximum absolute atomic E-state index is 12.1. The van der Waals surface area contributed by atoms with Gasteiger partial charge in [-0.15, -0.1) is 0 Å². The Kier molecular flexibility index (Phi) is 2.62. The summed E-state index contributed by atoms with van der Waals surface area (Å²) < 4.78 is 10.5. The lowest BCUT2D eigenvalue weighted by Crippen LogP contribution is -2.06. The first-order valence-electron chi connectivity index (χ1n) is 5.40. The molecule has 2 atom stereocenters. The average Bonchev–Trinajstić information content (AvgIpc) is 2.53. The predicted molar refractivity (Wildman–Crippen MR) is 61.5 cm³/mol. The van der Waals surface area contributed by atoms with Gasteiger partial charge < -0.3 is 9.47 Å². The maximum Gasteiger partial charge on any atom is 0.170 e. The molecule has 2 rings (SSSR count). The van der Waals surface area contributed by atoms with Crippen LogP contribution < -0.4 is 9.47 Å². The van der Waals surface area contributed by atoms with Gasteiger partial charge in [0.2, 0.25) is 0 Å². The topological polar surface area (TPSA) is 35.5 Å². The number of ether oxygens (including phenoxy) is 2. The van der Waals surface area contributed by atoms with Crippen molar-refractivity contribution >= 4 is 5.78 Å². The summed E-state index contributed by atoms with van der Waals surface area (Å²) >= 11 is 0. The summed E-state index contributed by atoms with van der Waals surface area (Å²) in [5, 5.41) is 0. The van der Waals surface area contributed by atoms with E-state index in [1.807, 2.05) is 13.0 Å². The van der Waals surface area contributed by atoms with E-state index in [1.54, 1.807) is 20.3 Å². The van der Waals surface area contributed by atoms with Gasteiger partial charge in [-0.05, 0) is 17.5 Å². The monoisotopic (exact) mass is 220 g/mol. The fraction of sp³-hybridized carbons (Fsp3) is 0.462. The molecule has 0 heterocycles. The van der Waals surface area contributed by atoms with Crippen LogP contribution in [0.25, 0.3) is 0 Å². The van der Waals surface area contributed by atoms with E-state index in [-0.39, 0.29) is 17.6 Å². The third kappa shape index (κ3) is 1.39.